The number of fused-ring (bicyclic) bond motifs is 1. The maximum absolute atomic E-state index is 12.3. The molecule has 4 rings (SSSR count). The van der Waals surface area contributed by atoms with Gasteiger partial charge in [0, 0.05) is 29.1 Å². The third kappa shape index (κ3) is 4.83. The number of nitrogens with zero attached hydrogens (tertiary/aromatic N) is 3. The number of nitrogens with one attached hydrogen (secondary N) is 1. The number of anilines is 1. The minimum absolute atomic E-state index is 0.122. The van der Waals surface area contributed by atoms with Crippen LogP contribution in [-0.4, -0.2) is 20.7 Å². The lowest BCUT2D eigenvalue weighted by atomic mass is 10.1. The summed E-state index contributed by atoms with van der Waals surface area (Å²) in [5.74, 6) is -0.122. The Balaban J connectivity index is 1.37. The predicted molar refractivity (Wildman–Crippen MR) is 124 cm³/mol. The van der Waals surface area contributed by atoms with Crippen LogP contribution in [0.25, 0.3) is 21.5 Å². The molecule has 0 saturated heterocycles. The molecule has 0 spiro atoms. The van der Waals surface area contributed by atoms with Crippen molar-refractivity contribution in [2.45, 2.75) is 26.3 Å². The highest BCUT2D eigenvalue weighted by Gasteiger charge is 2.09. The summed E-state index contributed by atoms with van der Waals surface area (Å²) in [6.07, 6.45) is 0.790. The van der Waals surface area contributed by atoms with Gasteiger partial charge in [-0.15, -0.1) is 0 Å². The van der Waals surface area contributed by atoms with E-state index in [1.165, 1.54) is 22.1 Å². The molecule has 0 unspecified atom stereocenters. The van der Waals surface area contributed by atoms with Gasteiger partial charge in [-0.05, 0) is 49.2 Å². The van der Waals surface area contributed by atoms with Crippen LogP contribution in [0.1, 0.15) is 18.4 Å². The average Bonchev–Trinajstić information content (AvgIpc) is 3.11. The fourth-order valence-electron chi connectivity index (χ4n) is 3.04. The van der Waals surface area contributed by atoms with Crippen LogP contribution >= 0.6 is 27.3 Å². The minimum Gasteiger partial charge on any atom is -0.302 e. The molecule has 6 nitrogen and oxygen atoms in total. The molecule has 0 aliphatic heterocycles. The number of aryl methyl sites for hydroxylation is 2. The Hall–Kier alpha value is -2.84. The monoisotopic (exact) mass is 482 g/mol. The molecular weight excluding hydrogens is 464 g/mol. The number of amides is 1. The third-order valence-electron chi connectivity index (χ3n) is 4.57. The third-order valence-corrected chi connectivity index (χ3v) is 6.03. The van der Waals surface area contributed by atoms with Gasteiger partial charge < -0.3 is 5.32 Å². The number of benzene rings is 2. The maximum Gasteiger partial charge on any atom is 0.266 e. The van der Waals surface area contributed by atoms with E-state index in [1.54, 1.807) is 6.07 Å². The molecule has 0 atom stereocenters. The number of hydrogen-bond donors (Lipinski definition) is 1. The molecule has 2 heterocycles. The number of thiazole rings is 1. The topological polar surface area (TPSA) is 76.9 Å². The molecule has 2 aromatic heterocycles. The Bertz CT molecular complexity index is 1260. The van der Waals surface area contributed by atoms with Crippen molar-refractivity contribution in [1.82, 2.24) is 14.8 Å². The lowest BCUT2D eigenvalue weighted by molar-refractivity contribution is -0.116. The second-order valence-corrected chi connectivity index (χ2v) is 8.88. The van der Waals surface area contributed by atoms with Gasteiger partial charge >= 0.3 is 0 Å². The van der Waals surface area contributed by atoms with Crippen molar-refractivity contribution in [2.24, 2.45) is 0 Å². The zero-order valence-electron chi connectivity index (χ0n) is 16.3. The molecule has 8 heteroatoms. The molecule has 0 fully saturated rings. The van der Waals surface area contributed by atoms with Crippen LogP contribution in [0.4, 0.5) is 5.13 Å². The summed E-state index contributed by atoms with van der Waals surface area (Å²) >= 11 is 4.87. The zero-order chi connectivity index (χ0) is 21.1. The number of rotatable bonds is 6. The lowest BCUT2D eigenvalue weighted by Crippen LogP contribution is -2.23. The standard InChI is InChI=1S/C22H19BrN4O2S/c1-14-4-9-18-19(13-14)30-22(24-18)25-20(28)3-2-12-27-21(29)11-10-17(26-27)15-5-7-16(23)8-6-15/h4-11,13H,2-3,12H2,1H3,(H,24,25,28). The van der Waals surface area contributed by atoms with Gasteiger partial charge in [0.2, 0.25) is 5.91 Å². The minimum atomic E-state index is -0.183. The first kappa shape index (κ1) is 20.4. The molecule has 0 aliphatic rings. The summed E-state index contributed by atoms with van der Waals surface area (Å²) < 4.78 is 3.44. The second kappa shape index (κ2) is 8.89. The van der Waals surface area contributed by atoms with Gasteiger partial charge in [0.25, 0.3) is 5.56 Å². The van der Waals surface area contributed by atoms with Crippen molar-refractivity contribution in [2.75, 3.05) is 5.32 Å². The summed E-state index contributed by atoms with van der Waals surface area (Å²) in [5, 5.41) is 7.88. The van der Waals surface area contributed by atoms with E-state index < -0.39 is 0 Å². The van der Waals surface area contributed by atoms with Crippen LogP contribution in [0, 0.1) is 6.92 Å². The van der Waals surface area contributed by atoms with Crippen LogP contribution in [0.5, 0.6) is 0 Å². The maximum atomic E-state index is 12.3. The molecule has 4 aromatic rings. The number of aromatic nitrogens is 3. The number of carbonyl (C=O) groups excluding carboxylic acids is 1. The zero-order valence-corrected chi connectivity index (χ0v) is 18.7. The van der Waals surface area contributed by atoms with Crippen LogP contribution < -0.4 is 10.9 Å². The first-order valence-corrected chi connectivity index (χ1v) is 11.1. The van der Waals surface area contributed by atoms with Gasteiger partial charge in [-0.3, -0.25) is 9.59 Å². The highest BCUT2D eigenvalue weighted by Crippen LogP contribution is 2.26. The molecule has 0 bridgehead atoms. The van der Waals surface area contributed by atoms with Gasteiger partial charge in [0.1, 0.15) is 0 Å². The molecule has 1 N–H and O–H groups in total. The van der Waals surface area contributed by atoms with E-state index in [4.69, 9.17) is 0 Å². The summed E-state index contributed by atoms with van der Waals surface area (Å²) in [6, 6.07) is 17.0. The average molecular weight is 483 g/mol. The number of hydrogen-bond acceptors (Lipinski definition) is 5. The van der Waals surface area contributed by atoms with Crippen molar-refractivity contribution < 1.29 is 4.79 Å². The van der Waals surface area contributed by atoms with Crippen molar-refractivity contribution in [3.05, 3.63) is 75.0 Å². The van der Waals surface area contributed by atoms with Crippen LogP contribution in [0.3, 0.4) is 0 Å². The van der Waals surface area contributed by atoms with Crippen molar-refractivity contribution >= 4 is 48.5 Å². The summed E-state index contributed by atoms with van der Waals surface area (Å²) in [6.45, 7) is 2.40. The Kier molecular flexibility index (Phi) is 6.06. The number of halogens is 1. The normalized spacial score (nSPS) is 11.0. The number of carbonyl (C=O) groups is 1. The van der Waals surface area contributed by atoms with Crippen LogP contribution in [-0.2, 0) is 11.3 Å². The van der Waals surface area contributed by atoms with E-state index in [1.807, 2.05) is 43.3 Å². The molecule has 2 aromatic carbocycles. The second-order valence-electron chi connectivity index (χ2n) is 6.93. The van der Waals surface area contributed by atoms with Gasteiger partial charge in [-0.1, -0.05) is 45.5 Å². The summed E-state index contributed by atoms with van der Waals surface area (Å²) in [4.78, 5) is 28.9. The molecule has 1 amide bonds. The molecule has 30 heavy (non-hydrogen) atoms. The van der Waals surface area contributed by atoms with E-state index in [-0.39, 0.29) is 17.9 Å². The summed E-state index contributed by atoms with van der Waals surface area (Å²) in [5.41, 5.74) is 3.50. The fourth-order valence-corrected chi connectivity index (χ4v) is 4.28. The quantitative estimate of drug-likeness (QED) is 0.418. The van der Waals surface area contributed by atoms with Gasteiger partial charge in [-0.25, -0.2) is 9.67 Å². The molecular formula is C22H19BrN4O2S. The summed E-state index contributed by atoms with van der Waals surface area (Å²) in [7, 11) is 0. The van der Waals surface area contributed by atoms with E-state index in [2.05, 4.69) is 37.4 Å². The van der Waals surface area contributed by atoms with Crippen molar-refractivity contribution in [1.29, 1.82) is 0 Å². The SMILES string of the molecule is Cc1ccc2nc(NC(=O)CCCn3nc(-c4ccc(Br)cc4)ccc3=O)sc2c1. The molecule has 152 valence electrons. The smallest absolute Gasteiger partial charge is 0.266 e. The Labute approximate surface area is 185 Å². The first-order valence-electron chi connectivity index (χ1n) is 9.49. The predicted octanol–water partition coefficient (Wildman–Crippen LogP) is 5.01. The van der Waals surface area contributed by atoms with Gasteiger partial charge in [0.15, 0.2) is 5.13 Å². The van der Waals surface area contributed by atoms with Crippen LogP contribution in [0.2, 0.25) is 0 Å². The largest absolute Gasteiger partial charge is 0.302 e. The molecule has 0 aliphatic carbocycles. The van der Waals surface area contributed by atoms with E-state index in [0.29, 0.717) is 18.1 Å². The molecule has 0 radical (unpaired) electrons. The highest BCUT2D eigenvalue weighted by molar-refractivity contribution is 9.10. The van der Waals surface area contributed by atoms with Crippen molar-refractivity contribution in [3.63, 3.8) is 0 Å². The first-order chi connectivity index (χ1) is 14.5. The van der Waals surface area contributed by atoms with E-state index in [9.17, 15) is 9.59 Å². The Morgan fingerprint density at radius 2 is 1.93 bits per heavy atom. The van der Waals surface area contributed by atoms with E-state index >= 15 is 0 Å². The van der Waals surface area contributed by atoms with Gasteiger partial charge in [0.05, 0.1) is 15.9 Å². The van der Waals surface area contributed by atoms with E-state index in [0.717, 1.165) is 31.5 Å². The Morgan fingerprint density at radius 1 is 1.13 bits per heavy atom. The highest BCUT2D eigenvalue weighted by atomic mass is 79.9. The Morgan fingerprint density at radius 3 is 2.73 bits per heavy atom. The fraction of sp³-hybridized carbons (Fsp3) is 0.182. The lowest BCUT2D eigenvalue weighted by Gasteiger charge is -2.07. The molecule has 0 saturated carbocycles. The van der Waals surface area contributed by atoms with Gasteiger partial charge in [-0.2, -0.15) is 5.10 Å². The van der Waals surface area contributed by atoms with Crippen LogP contribution in [0.15, 0.2) is 63.9 Å². The van der Waals surface area contributed by atoms with Crippen molar-refractivity contribution in [3.8, 4) is 11.3 Å².